The number of hydrogen-bond donors (Lipinski definition) is 0. The van der Waals surface area contributed by atoms with Crippen LogP contribution in [0.5, 0.6) is 0 Å². The first-order valence-corrected chi connectivity index (χ1v) is 14.5. The van der Waals surface area contributed by atoms with Gasteiger partial charge in [-0.2, -0.15) is 0 Å². The zero-order chi connectivity index (χ0) is 27.9. The van der Waals surface area contributed by atoms with Gasteiger partial charge in [0, 0.05) is 0 Å². The third-order valence-corrected chi connectivity index (χ3v) is 8.45. The molecule has 0 atom stereocenters. The molecule has 0 aromatic heterocycles. The summed E-state index contributed by atoms with van der Waals surface area (Å²) in [6.07, 6.45) is 0. The minimum Gasteiger partial charge on any atom is -0.0623 e. The molecule has 0 radical (unpaired) electrons. The molecule has 0 bridgehead atoms. The van der Waals surface area contributed by atoms with Gasteiger partial charge in [0.1, 0.15) is 0 Å². The lowest BCUT2D eigenvalue weighted by Crippen LogP contribution is -1.85. The molecule has 196 valence electrons. The quantitative estimate of drug-likeness (QED) is 0.135. The van der Waals surface area contributed by atoms with Crippen LogP contribution in [0.3, 0.4) is 0 Å². The summed E-state index contributed by atoms with van der Waals surface area (Å²) in [5.74, 6) is 0. The molecular weight excluding hydrogens is 504 g/mol. The molecule has 0 heterocycles. The van der Waals surface area contributed by atoms with Gasteiger partial charge in [-0.05, 0) is 75.4 Å². The average Bonchev–Trinajstić information content (AvgIpc) is 3.07. The van der Waals surface area contributed by atoms with Crippen LogP contribution in [0.1, 0.15) is 0 Å². The van der Waals surface area contributed by atoms with E-state index in [0.717, 1.165) is 0 Å². The minimum atomic E-state index is 1.33. The van der Waals surface area contributed by atoms with Gasteiger partial charge in [-0.15, -0.1) is 0 Å². The Morgan fingerprint density at radius 1 is 0.167 bits per heavy atom. The summed E-state index contributed by atoms with van der Waals surface area (Å²) >= 11 is 0. The average molecular weight is 533 g/mol. The molecule has 0 aliphatic heterocycles. The van der Waals surface area contributed by atoms with Gasteiger partial charge in [-0.1, -0.05) is 170 Å². The molecule has 0 unspecified atom stereocenters. The summed E-state index contributed by atoms with van der Waals surface area (Å²) in [4.78, 5) is 0. The predicted molar refractivity (Wildman–Crippen MR) is 184 cm³/mol. The van der Waals surface area contributed by atoms with Gasteiger partial charge >= 0.3 is 0 Å². The second kappa shape index (κ2) is 10.2. The maximum atomic E-state index is 2.25. The van der Waals surface area contributed by atoms with E-state index in [-0.39, 0.29) is 0 Å². The Balaban J connectivity index is 0.000000108. The number of fused-ring (bicyclic) bond motifs is 2. The summed E-state index contributed by atoms with van der Waals surface area (Å²) in [6, 6.07) is 60.3. The predicted octanol–water partition coefficient (Wildman–Crippen LogP) is 12.0. The molecule has 0 fully saturated rings. The van der Waals surface area contributed by atoms with E-state index in [1.807, 2.05) is 36.4 Å². The van der Waals surface area contributed by atoms with Gasteiger partial charge in [0.05, 0.1) is 0 Å². The highest BCUT2D eigenvalue weighted by Crippen LogP contribution is 2.39. The highest BCUT2D eigenvalue weighted by atomic mass is 14.1. The van der Waals surface area contributed by atoms with E-state index in [1.54, 1.807) is 0 Å². The second-order valence-corrected chi connectivity index (χ2v) is 10.9. The van der Waals surface area contributed by atoms with E-state index in [4.69, 9.17) is 0 Å². The fourth-order valence-electron chi connectivity index (χ4n) is 6.63. The molecule has 10 rings (SSSR count). The van der Waals surface area contributed by atoms with Crippen LogP contribution in [-0.4, -0.2) is 0 Å². The van der Waals surface area contributed by atoms with Crippen molar-refractivity contribution in [2.45, 2.75) is 0 Å². The van der Waals surface area contributed by atoms with Gasteiger partial charge in [0.2, 0.25) is 0 Å². The SMILES string of the molecule is c1cc2ccc3cccc4ccc(c1)c2c34.c1cc2cccc3c4cccc5cccc(c(c1)c23)c54.c1ccccc1. The zero-order valence-electron chi connectivity index (χ0n) is 23.2. The minimum absolute atomic E-state index is 1.33. The van der Waals surface area contributed by atoms with Crippen LogP contribution in [0.25, 0.3) is 75.4 Å². The van der Waals surface area contributed by atoms with Crippen molar-refractivity contribution >= 4 is 75.4 Å². The van der Waals surface area contributed by atoms with Gasteiger partial charge in [-0.3, -0.25) is 0 Å². The Kier molecular flexibility index (Phi) is 5.90. The van der Waals surface area contributed by atoms with Crippen molar-refractivity contribution in [3.05, 3.63) is 170 Å². The molecule has 0 amide bonds. The molecule has 0 spiro atoms. The molecule has 0 nitrogen and oxygen atoms in total. The molecule has 0 N–H and O–H groups in total. The smallest absolute Gasteiger partial charge is 0.00264 e. The van der Waals surface area contributed by atoms with Crippen LogP contribution in [0.4, 0.5) is 0 Å². The maximum Gasteiger partial charge on any atom is -0.00264 e. The number of benzene rings is 10. The molecule has 10 aromatic rings. The molecule has 0 aliphatic carbocycles. The lowest BCUT2D eigenvalue weighted by molar-refractivity contribution is 1.72. The largest absolute Gasteiger partial charge is 0.0623 e. The fraction of sp³-hybridized carbons (Fsp3) is 0. The zero-order valence-corrected chi connectivity index (χ0v) is 23.2. The topological polar surface area (TPSA) is 0 Å². The first kappa shape index (κ1) is 24.3. The summed E-state index contributed by atoms with van der Waals surface area (Å²) in [5, 5.41) is 19.0. The van der Waals surface area contributed by atoms with Crippen molar-refractivity contribution < 1.29 is 0 Å². The molecule has 0 aliphatic rings. The first-order chi connectivity index (χ1) is 20.9. The third kappa shape index (κ3) is 4.00. The van der Waals surface area contributed by atoms with Crippen LogP contribution in [0.15, 0.2) is 170 Å². The monoisotopic (exact) mass is 532 g/mol. The Morgan fingerprint density at radius 2 is 0.381 bits per heavy atom. The fourth-order valence-corrected chi connectivity index (χ4v) is 6.63. The van der Waals surface area contributed by atoms with Crippen molar-refractivity contribution in [3.8, 4) is 0 Å². The van der Waals surface area contributed by atoms with Gasteiger partial charge < -0.3 is 0 Å². The van der Waals surface area contributed by atoms with Gasteiger partial charge in [0.25, 0.3) is 0 Å². The van der Waals surface area contributed by atoms with E-state index >= 15 is 0 Å². The van der Waals surface area contributed by atoms with E-state index in [1.165, 1.54) is 75.4 Å². The van der Waals surface area contributed by atoms with Gasteiger partial charge in [-0.25, -0.2) is 0 Å². The van der Waals surface area contributed by atoms with E-state index in [9.17, 15) is 0 Å². The van der Waals surface area contributed by atoms with E-state index in [2.05, 4.69) is 133 Å². The summed E-state index contributed by atoms with van der Waals surface area (Å²) in [6.45, 7) is 0. The summed E-state index contributed by atoms with van der Waals surface area (Å²) < 4.78 is 0. The highest BCUT2D eigenvalue weighted by molar-refractivity contribution is 6.32. The van der Waals surface area contributed by atoms with Gasteiger partial charge in [0.15, 0.2) is 0 Å². The van der Waals surface area contributed by atoms with E-state index in [0.29, 0.717) is 0 Å². The van der Waals surface area contributed by atoms with Crippen LogP contribution in [0.2, 0.25) is 0 Å². The Bertz CT molecular complexity index is 2130. The van der Waals surface area contributed by atoms with Crippen LogP contribution in [-0.2, 0) is 0 Å². The summed E-state index contributed by atoms with van der Waals surface area (Å²) in [5.41, 5.74) is 0. The lowest BCUT2D eigenvalue weighted by Gasteiger charge is -2.13. The van der Waals surface area contributed by atoms with Crippen molar-refractivity contribution in [1.82, 2.24) is 0 Å². The molecule has 0 heteroatoms. The number of hydrogen-bond acceptors (Lipinski definition) is 0. The van der Waals surface area contributed by atoms with Crippen LogP contribution < -0.4 is 0 Å². The lowest BCUT2D eigenvalue weighted by atomic mass is 9.90. The Morgan fingerprint density at radius 3 is 0.643 bits per heavy atom. The van der Waals surface area contributed by atoms with Crippen molar-refractivity contribution in [2.75, 3.05) is 0 Å². The maximum absolute atomic E-state index is 2.25. The van der Waals surface area contributed by atoms with Crippen molar-refractivity contribution in [3.63, 3.8) is 0 Å². The third-order valence-electron chi connectivity index (χ3n) is 8.45. The van der Waals surface area contributed by atoms with Crippen LogP contribution in [0, 0.1) is 0 Å². The second-order valence-electron chi connectivity index (χ2n) is 10.9. The molecule has 10 aromatic carbocycles. The molecule has 0 saturated carbocycles. The van der Waals surface area contributed by atoms with Crippen molar-refractivity contribution in [2.24, 2.45) is 0 Å². The Labute approximate surface area is 244 Å². The number of rotatable bonds is 0. The van der Waals surface area contributed by atoms with Crippen molar-refractivity contribution in [1.29, 1.82) is 0 Å². The molecule has 42 heavy (non-hydrogen) atoms. The molecular formula is C42H28. The normalized spacial score (nSPS) is 11.3. The highest BCUT2D eigenvalue weighted by Gasteiger charge is 2.11. The van der Waals surface area contributed by atoms with Crippen LogP contribution >= 0.6 is 0 Å². The molecule has 0 saturated heterocycles. The standard InChI is InChI=1S/C20H12.C16H10.C6H6/c1-5-13-6-2-11-17-18-12-4-8-14-7-3-10-16(20(14)18)15(9-1)19(13)17;1-3-11-7-9-13-5-2-6-14-10-8-12(4-1)15(11)16(13)14;1-2-4-6-5-3-1/h1-12H;1-10H;1-6H. The summed E-state index contributed by atoms with van der Waals surface area (Å²) in [7, 11) is 0. The first-order valence-electron chi connectivity index (χ1n) is 14.5. The van der Waals surface area contributed by atoms with E-state index < -0.39 is 0 Å². The Hall–Kier alpha value is -5.46.